The summed E-state index contributed by atoms with van der Waals surface area (Å²) in [6, 6.07) is 17.6. The van der Waals surface area contributed by atoms with Crippen LogP contribution in [-0.2, 0) is 19.4 Å². The number of rotatable bonds is 5. The lowest BCUT2D eigenvalue weighted by molar-refractivity contribution is 0.102. The SMILES string of the molecule is CC1CCc2c(C(=O)Nc3ccc(OCc4ccccc4)cc3)csc2C1. The fraction of sp³-hybridized carbons (Fsp3) is 0.261. The highest BCUT2D eigenvalue weighted by molar-refractivity contribution is 7.10. The van der Waals surface area contributed by atoms with Gasteiger partial charge in [0.25, 0.3) is 5.91 Å². The average molecular weight is 378 g/mol. The summed E-state index contributed by atoms with van der Waals surface area (Å²) in [5.74, 6) is 1.49. The predicted octanol–water partition coefficient (Wildman–Crippen LogP) is 5.70. The van der Waals surface area contributed by atoms with Crippen LogP contribution in [0.4, 0.5) is 5.69 Å². The number of thiophene rings is 1. The molecule has 1 aliphatic rings. The average Bonchev–Trinajstić information content (AvgIpc) is 3.11. The second-order valence-electron chi connectivity index (χ2n) is 7.15. The molecule has 0 radical (unpaired) electrons. The molecule has 1 N–H and O–H groups in total. The van der Waals surface area contributed by atoms with Gasteiger partial charge < -0.3 is 10.1 Å². The number of hydrogen-bond donors (Lipinski definition) is 1. The Bertz CT molecular complexity index is 915. The minimum absolute atomic E-state index is 0.0139. The van der Waals surface area contributed by atoms with Crippen molar-refractivity contribution in [3.63, 3.8) is 0 Å². The Labute approximate surface area is 164 Å². The molecule has 0 saturated heterocycles. The quantitative estimate of drug-likeness (QED) is 0.619. The molecule has 1 aromatic heterocycles. The molecular formula is C23H23NO2S. The van der Waals surface area contributed by atoms with Crippen LogP contribution < -0.4 is 10.1 Å². The molecule has 0 saturated carbocycles. The molecule has 0 fully saturated rings. The Morgan fingerprint density at radius 2 is 1.93 bits per heavy atom. The fourth-order valence-electron chi connectivity index (χ4n) is 3.44. The smallest absolute Gasteiger partial charge is 0.256 e. The first-order chi connectivity index (χ1) is 13.2. The van der Waals surface area contributed by atoms with Gasteiger partial charge in [-0.25, -0.2) is 0 Å². The maximum Gasteiger partial charge on any atom is 0.256 e. The summed E-state index contributed by atoms with van der Waals surface area (Å²) < 4.78 is 5.80. The van der Waals surface area contributed by atoms with Crippen LogP contribution >= 0.6 is 11.3 Å². The van der Waals surface area contributed by atoms with Crippen LogP contribution in [-0.4, -0.2) is 5.91 Å². The number of amides is 1. The van der Waals surface area contributed by atoms with E-state index in [0.29, 0.717) is 6.61 Å². The minimum Gasteiger partial charge on any atom is -0.489 e. The van der Waals surface area contributed by atoms with Gasteiger partial charge in [-0.2, -0.15) is 0 Å². The Hall–Kier alpha value is -2.59. The van der Waals surface area contributed by atoms with Gasteiger partial charge in [-0.05, 0) is 60.6 Å². The molecule has 3 nitrogen and oxygen atoms in total. The molecule has 1 amide bonds. The van der Waals surface area contributed by atoms with E-state index in [4.69, 9.17) is 4.74 Å². The summed E-state index contributed by atoms with van der Waals surface area (Å²) in [5, 5.41) is 5.03. The molecule has 138 valence electrons. The number of carbonyl (C=O) groups is 1. The van der Waals surface area contributed by atoms with Gasteiger partial charge in [0.2, 0.25) is 0 Å². The number of ether oxygens (including phenoxy) is 1. The maximum absolute atomic E-state index is 12.7. The standard InChI is InChI=1S/C23H23NO2S/c1-16-7-12-20-21(15-27-22(20)13-16)23(25)24-18-8-10-19(11-9-18)26-14-17-5-3-2-4-6-17/h2-6,8-11,15-16H,7,12-14H2,1H3,(H,24,25). The molecule has 2 aromatic carbocycles. The van der Waals surface area contributed by atoms with E-state index < -0.39 is 0 Å². The fourth-order valence-corrected chi connectivity index (χ4v) is 4.69. The Kier molecular flexibility index (Phi) is 5.26. The first-order valence-electron chi connectivity index (χ1n) is 9.36. The minimum atomic E-state index is -0.0139. The highest BCUT2D eigenvalue weighted by Crippen LogP contribution is 2.33. The van der Waals surface area contributed by atoms with Crippen molar-refractivity contribution in [2.75, 3.05) is 5.32 Å². The molecule has 1 atom stereocenters. The van der Waals surface area contributed by atoms with E-state index in [9.17, 15) is 4.79 Å². The molecule has 1 aliphatic carbocycles. The molecular weight excluding hydrogens is 354 g/mol. The molecule has 27 heavy (non-hydrogen) atoms. The van der Waals surface area contributed by atoms with Crippen molar-refractivity contribution >= 4 is 22.9 Å². The van der Waals surface area contributed by atoms with Crippen LogP contribution in [0.5, 0.6) is 5.75 Å². The molecule has 0 aliphatic heterocycles. The Morgan fingerprint density at radius 1 is 1.15 bits per heavy atom. The monoisotopic (exact) mass is 377 g/mol. The van der Waals surface area contributed by atoms with Gasteiger partial charge in [0.15, 0.2) is 0 Å². The van der Waals surface area contributed by atoms with E-state index in [1.165, 1.54) is 10.4 Å². The summed E-state index contributed by atoms with van der Waals surface area (Å²) >= 11 is 1.72. The Morgan fingerprint density at radius 3 is 2.70 bits per heavy atom. The van der Waals surface area contributed by atoms with Crippen LogP contribution in [0.15, 0.2) is 60.0 Å². The highest BCUT2D eigenvalue weighted by atomic mass is 32.1. The lowest BCUT2D eigenvalue weighted by Crippen LogP contribution is -2.16. The number of anilines is 1. The van der Waals surface area contributed by atoms with Crippen molar-refractivity contribution in [2.24, 2.45) is 5.92 Å². The van der Waals surface area contributed by atoms with Crippen LogP contribution in [0.25, 0.3) is 0 Å². The molecule has 0 spiro atoms. The van der Waals surface area contributed by atoms with E-state index >= 15 is 0 Å². The van der Waals surface area contributed by atoms with Crippen molar-refractivity contribution in [3.05, 3.63) is 81.5 Å². The zero-order chi connectivity index (χ0) is 18.6. The molecule has 3 aromatic rings. The topological polar surface area (TPSA) is 38.3 Å². The van der Waals surface area contributed by atoms with Gasteiger partial charge in [0.05, 0.1) is 5.56 Å². The third-order valence-electron chi connectivity index (χ3n) is 5.01. The number of nitrogens with one attached hydrogen (secondary N) is 1. The van der Waals surface area contributed by atoms with Gasteiger partial charge in [0.1, 0.15) is 12.4 Å². The van der Waals surface area contributed by atoms with Crippen molar-refractivity contribution < 1.29 is 9.53 Å². The lowest BCUT2D eigenvalue weighted by Gasteiger charge is -2.18. The van der Waals surface area contributed by atoms with Gasteiger partial charge in [-0.1, -0.05) is 37.3 Å². The van der Waals surface area contributed by atoms with Crippen LogP contribution in [0.1, 0.15) is 39.7 Å². The van der Waals surface area contributed by atoms with Gasteiger partial charge in [-0.15, -0.1) is 11.3 Å². The second-order valence-corrected chi connectivity index (χ2v) is 8.12. The summed E-state index contributed by atoms with van der Waals surface area (Å²) in [6.07, 6.45) is 3.27. The maximum atomic E-state index is 12.7. The summed E-state index contributed by atoms with van der Waals surface area (Å²) in [5.41, 5.74) is 4.01. The molecule has 4 rings (SSSR count). The van der Waals surface area contributed by atoms with E-state index in [2.05, 4.69) is 12.2 Å². The molecule has 1 unspecified atom stereocenters. The van der Waals surface area contributed by atoms with Gasteiger partial charge in [0, 0.05) is 15.9 Å². The molecule has 4 heteroatoms. The van der Waals surface area contributed by atoms with Gasteiger partial charge >= 0.3 is 0 Å². The normalized spacial score (nSPS) is 15.8. The van der Waals surface area contributed by atoms with Crippen LogP contribution in [0.3, 0.4) is 0 Å². The first-order valence-corrected chi connectivity index (χ1v) is 10.2. The zero-order valence-electron chi connectivity index (χ0n) is 15.4. The van der Waals surface area contributed by atoms with Crippen LogP contribution in [0, 0.1) is 5.92 Å². The van der Waals surface area contributed by atoms with Gasteiger partial charge in [-0.3, -0.25) is 4.79 Å². The third-order valence-corrected chi connectivity index (χ3v) is 6.06. The summed E-state index contributed by atoms with van der Waals surface area (Å²) in [6.45, 7) is 2.82. The summed E-state index contributed by atoms with van der Waals surface area (Å²) in [4.78, 5) is 14.1. The van der Waals surface area contributed by atoms with E-state index in [1.807, 2.05) is 60.0 Å². The predicted molar refractivity (Wildman–Crippen MR) is 111 cm³/mol. The Balaban J connectivity index is 1.38. The van der Waals surface area contributed by atoms with Crippen LogP contribution in [0.2, 0.25) is 0 Å². The van der Waals surface area contributed by atoms with Crippen molar-refractivity contribution in [1.29, 1.82) is 0 Å². The summed E-state index contributed by atoms with van der Waals surface area (Å²) in [7, 11) is 0. The number of carbonyl (C=O) groups excluding carboxylic acids is 1. The van der Waals surface area contributed by atoms with Crippen molar-refractivity contribution in [3.8, 4) is 5.75 Å². The second kappa shape index (κ2) is 7.97. The molecule has 1 heterocycles. The highest BCUT2D eigenvalue weighted by Gasteiger charge is 2.23. The largest absolute Gasteiger partial charge is 0.489 e. The lowest BCUT2D eigenvalue weighted by atomic mass is 9.88. The third kappa shape index (κ3) is 4.22. The molecule has 0 bridgehead atoms. The van der Waals surface area contributed by atoms with E-state index in [-0.39, 0.29) is 5.91 Å². The zero-order valence-corrected chi connectivity index (χ0v) is 16.2. The number of hydrogen-bond acceptors (Lipinski definition) is 3. The van der Waals surface area contributed by atoms with Crippen molar-refractivity contribution in [1.82, 2.24) is 0 Å². The number of benzene rings is 2. The number of fused-ring (bicyclic) bond motifs is 1. The van der Waals surface area contributed by atoms with Crippen molar-refractivity contribution in [2.45, 2.75) is 32.8 Å². The van der Waals surface area contributed by atoms with E-state index in [0.717, 1.165) is 47.7 Å². The van der Waals surface area contributed by atoms with E-state index in [1.54, 1.807) is 11.3 Å². The first kappa shape index (κ1) is 17.8.